The number of nitrogens with one attached hydrogen (secondary N) is 2. The number of nitrogens with zero attached hydrogens (tertiary/aromatic N) is 2. The van der Waals surface area contributed by atoms with Crippen molar-refractivity contribution in [1.82, 2.24) is 20.6 Å². The summed E-state index contributed by atoms with van der Waals surface area (Å²) < 4.78 is 10.1. The highest BCUT2D eigenvalue weighted by Crippen LogP contribution is 2.12. The molecule has 0 saturated heterocycles. The molecule has 0 aliphatic heterocycles. The quantitative estimate of drug-likeness (QED) is 0.430. The SMILES string of the molecule is COC(=O)[C@@H](Cc1cnc2ccccc2n1)NC(=O)[C@H](CC(C)C)NC(=O)OCc1ccccc1. The third-order valence-corrected chi connectivity index (χ3v) is 5.24. The minimum Gasteiger partial charge on any atom is -0.467 e. The van der Waals surface area contributed by atoms with Crippen LogP contribution in [0.3, 0.4) is 0 Å². The predicted octanol–water partition coefficient (Wildman–Crippen LogP) is 3.17. The second-order valence-electron chi connectivity index (χ2n) is 8.53. The second kappa shape index (κ2) is 12.5. The molecule has 2 aromatic carbocycles. The van der Waals surface area contributed by atoms with Crippen molar-refractivity contribution in [2.24, 2.45) is 5.92 Å². The second-order valence-corrected chi connectivity index (χ2v) is 8.53. The first-order valence-electron chi connectivity index (χ1n) is 11.4. The number of alkyl carbamates (subject to hydrolysis) is 1. The number of methoxy groups -OCH3 is 1. The number of benzene rings is 2. The van der Waals surface area contributed by atoms with Crippen LogP contribution < -0.4 is 10.6 Å². The van der Waals surface area contributed by atoms with Crippen LogP contribution in [0.2, 0.25) is 0 Å². The van der Waals surface area contributed by atoms with Crippen molar-refractivity contribution in [2.45, 2.75) is 45.4 Å². The van der Waals surface area contributed by atoms with Gasteiger partial charge in [0.2, 0.25) is 5.91 Å². The number of hydrogen-bond acceptors (Lipinski definition) is 7. The number of para-hydroxylation sites is 2. The molecule has 1 heterocycles. The third kappa shape index (κ3) is 7.77. The van der Waals surface area contributed by atoms with Crippen LogP contribution in [0.5, 0.6) is 0 Å². The summed E-state index contributed by atoms with van der Waals surface area (Å²) in [5.41, 5.74) is 2.76. The number of aromatic nitrogens is 2. The Bertz CT molecular complexity index is 1150. The highest BCUT2D eigenvalue weighted by Gasteiger charge is 2.29. The van der Waals surface area contributed by atoms with Gasteiger partial charge in [0.25, 0.3) is 0 Å². The van der Waals surface area contributed by atoms with Crippen molar-refractivity contribution in [2.75, 3.05) is 7.11 Å². The normalized spacial score (nSPS) is 12.6. The van der Waals surface area contributed by atoms with Gasteiger partial charge in [0, 0.05) is 12.6 Å². The zero-order chi connectivity index (χ0) is 25.2. The van der Waals surface area contributed by atoms with Crippen LogP contribution in [0.25, 0.3) is 11.0 Å². The Morgan fingerprint density at radius 2 is 1.60 bits per heavy atom. The minimum atomic E-state index is -1.00. The van der Waals surface area contributed by atoms with E-state index in [9.17, 15) is 14.4 Å². The van der Waals surface area contributed by atoms with Crippen molar-refractivity contribution in [3.63, 3.8) is 0 Å². The van der Waals surface area contributed by atoms with Gasteiger partial charge in [-0.1, -0.05) is 56.3 Å². The average molecular weight is 479 g/mol. The molecule has 35 heavy (non-hydrogen) atoms. The van der Waals surface area contributed by atoms with Gasteiger partial charge >= 0.3 is 12.1 Å². The van der Waals surface area contributed by atoms with Gasteiger partial charge in [-0.3, -0.25) is 9.78 Å². The summed E-state index contributed by atoms with van der Waals surface area (Å²) in [5.74, 6) is -1.04. The van der Waals surface area contributed by atoms with Gasteiger partial charge in [0.1, 0.15) is 18.7 Å². The monoisotopic (exact) mass is 478 g/mol. The summed E-state index contributed by atoms with van der Waals surface area (Å²) in [6.45, 7) is 3.94. The van der Waals surface area contributed by atoms with E-state index in [4.69, 9.17) is 9.47 Å². The molecule has 0 aliphatic carbocycles. The highest BCUT2D eigenvalue weighted by atomic mass is 16.5. The Kier molecular flexibility index (Phi) is 9.11. The maximum Gasteiger partial charge on any atom is 0.408 e. The van der Waals surface area contributed by atoms with E-state index in [0.29, 0.717) is 17.6 Å². The predicted molar refractivity (Wildman–Crippen MR) is 130 cm³/mol. The molecule has 9 heteroatoms. The standard InChI is InChI=1S/C26H30N4O5/c1-17(2)13-22(30-26(33)35-16-18-9-5-4-6-10-18)24(31)29-23(25(32)34-3)14-19-15-27-20-11-7-8-12-21(20)28-19/h4-12,15,17,22-23H,13-14,16H2,1-3H3,(H,29,31)(H,30,33)/t22-,23+/m0/s1. The zero-order valence-corrected chi connectivity index (χ0v) is 20.1. The van der Waals surface area contributed by atoms with E-state index in [1.165, 1.54) is 7.11 Å². The molecule has 0 radical (unpaired) electrons. The van der Waals surface area contributed by atoms with E-state index in [1.807, 2.05) is 68.4 Å². The molecular weight excluding hydrogens is 448 g/mol. The first-order valence-corrected chi connectivity index (χ1v) is 11.4. The van der Waals surface area contributed by atoms with Crippen molar-refractivity contribution < 1.29 is 23.9 Å². The number of fused-ring (bicyclic) bond motifs is 1. The number of rotatable bonds is 10. The summed E-state index contributed by atoms with van der Waals surface area (Å²) in [6.07, 6.45) is 1.29. The molecule has 184 valence electrons. The van der Waals surface area contributed by atoms with E-state index < -0.39 is 30.1 Å². The van der Waals surface area contributed by atoms with Gasteiger partial charge in [-0.05, 0) is 30.0 Å². The fourth-order valence-electron chi connectivity index (χ4n) is 3.52. The molecule has 0 aliphatic rings. The number of carbonyl (C=O) groups is 3. The van der Waals surface area contributed by atoms with Crippen LogP contribution in [0, 0.1) is 5.92 Å². The fraction of sp³-hybridized carbons (Fsp3) is 0.346. The molecular formula is C26H30N4O5. The Morgan fingerprint density at radius 3 is 2.29 bits per heavy atom. The summed E-state index contributed by atoms with van der Waals surface area (Å²) in [5, 5.41) is 5.31. The van der Waals surface area contributed by atoms with Crippen molar-refractivity contribution in [3.8, 4) is 0 Å². The van der Waals surface area contributed by atoms with Crippen LogP contribution in [-0.2, 0) is 32.1 Å². The van der Waals surface area contributed by atoms with E-state index in [-0.39, 0.29) is 18.9 Å². The molecule has 3 rings (SSSR count). The number of ether oxygens (including phenoxy) is 2. The van der Waals surface area contributed by atoms with Crippen molar-refractivity contribution in [1.29, 1.82) is 0 Å². The van der Waals surface area contributed by atoms with E-state index in [1.54, 1.807) is 6.20 Å². The van der Waals surface area contributed by atoms with Crippen molar-refractivity contribution >= 4 is 29.0 Å². The Balaban J connectivity index is 1.67. The van der Waals surface area contributed by atoms with Crippen LogP contribution in [0.1, 0.15) is 31.5 Å². The number of hydrogen-bond donors (Lipinski definition) is 2. The molecule has 0 spiro atoms. The lowest BCUT2D eigenvalue weighted by molar-refractivity contribution is -0.145. The van der Waals surface area contributed by atoms with E-state index in [2.05, 4.69) is 20.6 Å². The molecule has 9 nitrogen and oxygen atoms in total. The van der Waals surface area contributed by atoms with E-state index >= 15 is 0 Å². The van der Waals surface area contributed by atoms with Gasteiger partial charge in [0.05, 0.1) is 23.8 Å². The Morgan fingerprint density at radius 1 is 0.914 bits per heavy atom. The zero-order valence-electron chi connectivity index (χ0n) is 20.1. The molecule has 2 N–H and O–H groups in total. The highest BCUT2D eigenvalue weighted by molar-refractivity contribution is 5.89. The lowest BCUT2D eigenvalue weighted by Crippen LogP contribution is -2.53. The van der Waals surface area contributed by atoms with Crippen LogP contribution in [0.15, 0.2) is 60.8 Å². The summed E-state index contributed by atoms with van der Waals surface area (Å²) in [4.78, 5) is 46.8. The minimum absolute atomic E-state index is 0.0775. The first kappa shape index (κ1) is 25.6. The summed E-state index contributed by atoms with van der Waals surface area (Å²) >= 11 is 0. The molecule has 1 aromatic heterocycles. The molecule has 2 amide bonds. The lowest BCUT2D eigenvalue weighted by Gasteiger charge is -2.23. The number of amides is 2. The van der Waals surface area contributed by atoms with Gasteiger partial charge in [-0.25, -0.2) is 14.6 Å². The topological polar surface area (TPSA) is 120 Å². The van der Waals surface area contributed by atoms with Crippen LogP contribution in [-0.4, -0.2) is 47.1 Å². The molecule has 3 aromatic rings. The van der Waals surface area contributed by atoms with Gasteiger partial charge in [-0.15, -0.1) is 0 Å². The summed E-state index contributed by atoms with van der Waals surface area (Å²) in [6, 6.07) is 14.7. The average Bonchev–Trinajstić information content (AvgIpc) is 2.86. The Hall–Kier alpha value is -4.01. The molecule has 0 saturated carbocycles. The Labute approximate surface area is 204 Å². The largest absolute Gasteiger partial charge is 0.467 e. The fourth-order valence-corrected chi connectivity index (χ4v) is 3.52. The van der Waals surface area contributed by atoms with Crippen molar-refractivity contribution in [3.05, 3.63) is 72.1 Å². The maximum atomic E-state index is 13.1. The molecule has 0 fully saturated rings. The molecule has 0 unspecified atom stereocenters. The number of carbonyl (C=O) groups excluding carboxylic acids is 3. The summed E-state index contributed by atoms with van der Waals surface area (Å²) in [7, 11) is 1.25. The smallest absolute Gasteiger partial charge is 0.408 e. The van der Waals surface area contributed by atoms with Gasteiger partial charge in [-0.2, -0.15) is 0 Å². The van der Waals surface area contributed by atoms with Crippen LogP contribution in [0.4, 0.5) is 4.79 Å². The molecule has 2 atom stereocenters. The van der Waals surface area contributed by atoms with Gasteiger partial charge < -0.3 is 20.1 Å². The van der Waals surface area contributed by atoms with Gasteiger partial charge in [0.15, 0.2) is 0 Å². The number of esters is 1. The molecule has 0 bridgehead atoms. The van der Waals surface area contributed by atoms with E-state index in [0.717, 1.165) is 11.1 Å². The lowest BCUT2D eigenvalue weighted by atomic mass is 10.0. The maximum absolute atomic E-state index is 13.1. The first-order chi connectivity index (χ1) is 16.9. The third-order valence-electron chi connectivity index (χ3n) is 5.24. The van der Waals surface area contributed by atoms with Crippen LogP contribution >= 0.6 is 0 Å².